The summed E-state index contributed by atoms with van der Waals surface area (Å²) in [5.74, 6) is 0.999. The van der Waals surface area contributed by atoms with E-state index in [2.05, 4.69) is 60.8 Å². The second-order valence-corrected chi connectivity index (χ2v) is 8.81. The number of ether oxygens (including phenoxy) is 1. The van der Waals surface area contributed by atoms with Crippen molar-refractivity contribution in [3.8, 4) is 5.75 Å². The van der Waals surface area contributed by atoms with Crippen molar-refractivity contribution in [3.05, 3.63) is 101 Å². The number of hydrogen-bond acceptors (Lipinski definition) is 2. The first-order chi connectivity index (χ1) is 16.2. The highest BCUT2D eigenvalue weighted by atomic mass is 16.5. The topological polar surface area (TPSA) is 41.6 Å². The highest BCUT2D eigenvalue weighted by molar-refractivity contribution is 5.91. The van der Waals surface area contributed by atoms with Crippen LogP contribution in [0.15, 0.2) is 84.4 Å². The quantitative estimate of drug-likeness (QED) is 0.494. The molecule has 2 unspecified atom stereocenters. The maximum atomic E-state index is 13.5. The molecule has 0 radical (unpaired) electrons. The molecular formula is C29H30N2O2. The molecule has 33 heavy (non-hydrogen) atoms. The van der Waals surface area contributed by atoms with Crippen LogP contribution in [0.3, 0.4) is 0 Å². The monoisotopic (exact) mass is 438 g/mol. The number of fused-ring (bicyclic) bond motifs is 2. The zero-order chi connectivity index (χ0) is 22.8. The lowest BCUT2D eigenvalue weighted by molar-refractivity contribution is 0.186. The van der Waals surface area contributed by atoms with E-state index in [0.717, 1.165) is 24.3 Å². The number of urea groups is 1. The first-order valence-electron chi connectivity index (χ1n) is 11.8. The Morgan fingerprint density at radius 2 is 1.76 bits per heavy atom. The summed E-state index contributed by atoms with van der Waals surface area (Å²) in [4.78, 5) is 15.6. The number of amides is 2. The molecule has 0 fully saturated rings. The molecule has 0 bridgehead atoms. The fraction of sp³-hybridized carbons (Fsp3) is 0.276. The van der Waals surface area contributed by atoms with Gasteiger partial charge in [-0.3, -0.25) is 0 Å². The third-order valence-corrected chi connectivity index (χ3v) is 6.88. The number of carbonyl (C=O) groups excluding carboxylic acids is 1. The molecule has 3 aromatic rings. The third-order valence-electron chi connectivity index (χ3n) is 6.88. The van der Waals surface area contributed by atoms with E-state index in [1.807, 2.05) is 42.2 Å². The van der Waals surface area contributed by atoms with Crippen LogP contribution in [0.5, 0.6) is 5.75 Å². The van der Waals surface area contributed by atoms with Crippen molar-refractivity contribution in [2.75, 3.05) is 18.5 Å². The molecular weight excluding hydrogens is 408 g/mol. The van der Waals surface area contributed by atoms with Crippen molar-refractivity contribution in [2.45, 2.75) is 38.6 Å². The Labute approximate surface area is 195 Å². The molecule has 1 N–H and O–H groups in total. The van der Waals surface area contributed by atoms with E-state index in [1.165, 1.54) is 27.8 Å². The highest BCUT2D eigenvalue weighted by Gasteiger charge is 2.39. The van der Waals surface area contributed by atoms with Gasteiger partial charge >= 0.3 is 6.03 Å². The van der Waals surface area contributed by atoms with E-state index in [-0.39, 0.29) is 18.0 Å². The summed E-state index contributed by atoms with van der Waals surface area (Å²) in [6, 6.07) is 26.8. The molecule has 168 valence electrons. The lowest BCUT2D eigenvalue weighted by Gasteiger charge is -2.41. The summed E-state index contributed by atoms with van der Waals surface area (Å²) in [5, 5.41) is 3.13. The summed E-state index contributed by atoms with van der Waals surface area (Å²) in [6.45, 7) is 5.54. The molecule has 4 heteroatoms. The molecule has 3 aromatic carbocycles. The van der Waals surface area contributed by atoms with E-state index in [0.29, 0.717) is 13.2 Å². The van der Waals surface area contributed by atoms with E-state index in [9.17, 15) is 4.79 Å². The molecule has 0 saturated heterocycles. The van der Waals surface area contributed by atoms with Crippen LogP contribution in [0.2, 0.25) is 0 Å². The predicted octanol–water partition coefficient (Wildman–Crippen LogP) is 6.51. The zero-order valence-electron chi connectivity index (χ0n) is 19.3. The Morgan fingerprint density at radius 3 is 2.52 bits per heavy atom. The number of rotatable bonds is 5. The minimum absolute atomic E-state index is 0.0197. The lowest BCUT2D eigenvalue weighted by atomic mass is 9.82. The minimum atomic E-state index is -0.0468. The molecule has 4 nitrogen and oxygen atoms in total. The van der Waals surface area contributed by atoms with Crippen molar-refractivity contribution in [1.82, 2.24) is 4.90 Å². The zero-order valence-corrected chi connectivity index (χ0v) is 19.3. The summed E-state index contributed by atoms with van der Waals surface area (Å²) in [5.41, 5.74) is 7.60. The average molecular weight is 439 g/mol. The van der Waals surface area contributed by atoms with Crippen LogP contribution in [-0.4, -0.2) is 30.1 Å². The van der Waals surface area contributed by atoms with Gasteiger partial charge in [-0.25, -0.2) is 4.79 Å². The number of carbonyl (C=O) groups is 1. The van der Waals surface area contributed by atoms with Crippen molar-refractivity contribution in [1.29, 1.82) is 0 Å². The number of anilines is 1. The van der Waals surface area contributed by atoms with Gasteiger partial charge in [0.05, 0.1) is 12.6 Å². The number of hydrogen-bond donors (Lipinski definition) is 1. The Balaban J connectivity index is 1.45. The Kier molecular flexibility index (Phi) is 5.91. The third kappa shape index (κ3) is 4.13. The molecule has 2 atom stereocenters. The van der Waals surface area contributed by atoms with Gasteiger partial charge in [-0.2, -0.15) is 0 Å². The van der Waals surface area contributed by atoms with E-state index >= 15 is 0 Å². The van der Waals surface area contributed by atoms with Crippen LogP contribution in [0, 0.1) is 0 Å². The molecule has 0 aromatic heterocycles. The van der Waals surface area contributed by atoms with E-state index in [4.69, 9.17) is 4.74 Å². The smallest absolute Gasteiger partial charge is 0.322 e. The molecule has 1 heterocycles. The van der Waals surface area contributed by atoms with Crippen molar-refractivity contribution in [2.24, 2.45) is 0 Å². The molecule has 0 spiro atoms. The van der Waals surface area contributed by atoms with Gasteiger partial charge in [0, 0.05) is 18.2 Å². The van der Waals surface area contributed by atoms with Gasteiger partial charge in [0.25, 0.3) is 0 Å². The fourth-order valence-corrected chi connectivity index (χ4v) is 5.33. The highest BCUT2D eigenvalue weighted by Crippen LogP contribution is 2.44. The summed E-state index contributed by atoms with van der Waals surface area (Å²) < 4.78 is 5.53. The van der Waals surface area contributed by atoms with Crippen LogP contribution in [0.4, 0.5) is 10.5 Å². The summed E-state index contributed by atoms with van der Waals surface area (Å²) in [7, 11) is 0. The fourth-order valence-electron chi connectivity index (χ4n) is 5.33. The van der Waals surface area contributed by atoms with Crippen LogP contribution in [-0.2, 0) is 6.42 Å². The van der Waals surface area contributed by atoms with Crippen molar-refractivity contribution < 1.29 is 9.53 Å². The van der Waals surface area contributed by atoms with Crippen LogP contribution >= 0.6 is 0 Å². The van der Waals surface area contributed by atoms with Gasteiger partial charge in [-0.1, -0.05) is 61.5 Å². The molecule has 2 aliphatic rings. The van der Waals surface area contributed by atoms with Gasteiger partial charge in [-0.15, -0.1) is 0 Å². The van der Waals surface area contributed by atoms with Crippen LogP contribution in [0.1, 0.15) is 42.9 Å². The van der Waals surface area contributed by atoms with E-state index in [1.54, 1.807) is 0 Å². The van der Waals surface area contributed by atoms with Crippen molar-refractivity contribution >= 4 is 17.3 Å². The normalized spacial score (nSPS) is 17.9. The minimum Gasteiger partial charge on any atom is -0.494 e. The lowest BCUT2D eigenvalue weighted by Crippen LogP contribution is -2.49. The Bertz CT molecular complexity index is 1170. The maximum Gasteiger partial charge on any atom is 0.322 e. The second-order valence-electron chi connectivity index (χ2n) is 8.81. The van der Waals surface area contributed by atoms with Gasteiger partial charge in [0.2, 0.25) is 0 Å². The average Bonchev–Trinajstić information content (AvgIpc) is 3.23. The standard InChI is InChI=1S/C29H30N2O2/c1-3-33-24-15-13-23(14-16-24)30-29(32)31-18-17-26-25-12-8-7-11-22(25)19-27(26)28(31)20(2)21-9-5-4-6-10-21/h4-16,20,28H,3,17-19H2,1-2H3,(H,30,32). The van der Waals surface area contributed by atoms with Gasteiger partial charge in [-0.05, 0) is 71.9 Å². The van der Waals surface area contributed by atoms with Gasteiger partial charge in [0.1, 0.15) is 5.75 Å². The molecule has 0 saturated carbocycles. The summed E-state index contributed by atoms with van der Waals surface area (Å²) >= 11 is 0. The van der Waals surface area contributed by atoms with Gasteiger partial charge < -0.3 is 15.0 Å². The number of nitrogens with zero attached hydrogens (tertiary/aromatic N) is 1. The first-order valence-corrected chi connectivity index (χ1v) is 11.8. The van der Waals surface area contributed by atoms with Crippen LogP contribution < -0.4 is 10.1 Å². The second kappa shape index (κ2) is 9.14. The molecule has 2 amide bonds. The Hall–Kier alpha value is -3.53. The molecule has 5 rings (SSSR count). The predicted molar refractivity (Wildman–Crippen MR) is 134 cm³/mol. The largest absolute Gasteiger partial charge is 0.494 e. The maximum absolute atomic E-state index is 13.5. The molecule has 1 aliphatic carbocycles. The van der Waals surface area contributed by atoms with Crippen molar-refractivity contribution in [3.63, 3.8) is 0 Å². The summed E-state index contributed by atoms with van der Waals surface area (Å²) in [6.07, 6.45) is 1.81. The first kappa shape index (κ1) is 21.3. The SMILES string of the molecule is CCOc1ccc(NC(=O)N2CCC3=C(Cc4ccccc43)C2C(C)c2ccccc2)cc1. The number of nitrogens with one attached hydrogen (secondary N) is 1. The Morgan fingerprint density at radius 1 is 1.03 bits per heavy atom. The molecule has 1 aliphatic heterocycles. The van der Waals surface area contributed by atoms with E-state index < -0.39 is 0 Å². The number of benzene rings is 3. The van der Waals surface area contributed by atoms with Gasteiger partial charge in [0.15, 0.2) is 0 Å². The van der Waals surface area contributed by atoms with Crippen LogP contribution in [0.25, 0.3) is 5.57 Å².